The van der Waals surface area contributed by atoms with E-state index in [1.54, 1.807) is 16.6 Å². The van der Waals surface area contributed by atoms with Crippen molar-refractivity contribution in [3.05, 3.63) is 47.5 Å². The number of fused-ring (bicyclic) bond motifs is 4. The zero-order chi connectivity index (χ0) is 28.1. The van der Waals surface area contributed by atoms with Crippen LogP contribution in [0.1, 0.15) is 44.3 Å². The van der Waals surface area contributed by atoms with Crippen LogP contribution in [0, 0.1) is 5.82 Å². The van der Waals surface area contributed by atoms with Crippen LogP contribution in [0.5, 0.6) is 5.88 Å². The van der Waals surface area contributed by atoms with Crippen LogP contribution in [0.25, 0.3) is 43.3 Å². The highest BCUT2D eigenvalue weighted by Crippen LogP contribution is 2.40. The van der Waals surface area contributed by atoms with Crippen LogP contribution >= 0.6 is 11.3 Å². The number of pyridine rings is 2. The van der Waals surface area contributed by atoms with Gasteiger partial charge in [-0.3, -0.25) is 14.8 Å². The first-order valence-corrected chi connectivity index (χ1v) is 15.0. The summed E-state index contributed by atoms with van der Waals surface area (Å²) in [5.41, 5.74) is 5.01. The van der Waals surface area contributed by atoms with Gasteiger partial charge in [-0.1, -0.05) is 12.1 Å². The fourth-order valence-corrected chi connectivity index (χ4v) is 7.01. The number of nitrogens with one attached hydrogen (secondary N) is 1. The molecule has 5 aromatic rings. The van der Waals surface area contributed by atoms with Crippen molar-refractivity contribution in [1.82, 2.24) is 29.7 Å². The van der Waals surface area contributed by atoms with Crippen LogP contribution in [0.2, 0.25) is 0 Å². The second kappa shape index (κ2) is 10.5. The minimum atomic E-state index is -0.518. The van der Waals surface area contributed by atoms with E-state index in [-0.39, 0.29) is 29.4 Å². The minimum absolute atomic E-state index is 0.147. The molecule has 6 heterocycles. The third-order valence-corrected chi connectivity index (χ3v) is 9.00. The van der Waals surface area contributed by atoms with Gasteiger partial charge in [0.15, 0.2) is 5.82 Å². The number of benzene rings is 1. The van der Waals surface area contributed by atoms with Gasteiger partial charge < -0.3 is 14.5 Å². The highest BCUT2D eigenvalue weighted by molar-refractivity contribution is 7.16. The maximum absolute atomic E-state index is 16.4. The second-order valence-electron chi connectivity index (χ2n) is 10.9. The first-order chi connectivity index (χ1) is 20.0. The Kier molecular flexibility index (Phi) is 6.70. The normalized spacial score (nSPS) is 18.6. The third kappa shape index (κ3) is 4.57. The van der Waals surface area contributed by atoms with Gasteiger partial charge >= 0.3 is 6.09 Å². The highest BCUT2D eigenvalue weighted by Gasteiger charge is 2.33. The van der Waals surface area contributed by atoms with Gasteiger partial charge in [-0.15, -0.1) is 11.3 Å². The van der Waals surface area contributed by atoms with Crippen molar-refractivity contribution >= 4 is 49.5 Å². The van der Waals surface area contributed by atoms with Gasteiger partial charge in [0.25, 0.3) is 0 Å². The number of methoxy groups -OCH3 is 1. The van der Waals surface area contributed by atoms with Crippen molar-refractivity contribution in [1.29, 1.82) is 0 Å². The Balaban J connectivity index is 1.37. The van der Waals surface area contributed by atoms with E-state index in [4.69, 9.17) is 14.5 Å². The number of aromatic amines is 1. The molecule has 7 rings (SSSR count). The van der Waals surface area contributed by atoms with Gasteiger partial charge in [0.1, 0.15) is 17.3 Å². The summed E-state index contributed by atoms with van der Waals surface area (Å²) in [7, 11) is 1.40. The van der Waals surface area contributed by atoms with Crippen LogP contribution < -0.4 is 4.74 Å². The maximum atomic E-state index is 16.4. The predicted octanol–water partition coefficient (Wildman–Crippen LogP) is 6.29. The van der Waals surface area contributed by atoms with Crippen LogP contribution in [-0.2, 0) is 4.74 Å². The van der Waals surface area contributed by atoms with E-state index in [1.807, 2.05) is 31.2 Å². The summed E-state index contributed by atoms with van der Waals surface area (Å²) in [6.07, 6.45) is 5.20. The molecule has 4 aromatic heterocycles. The second-order valence-corrected chi connectivity index (χ2v) is 11.8. The largest absolute Gasteiger partial charge is 0.473 e. The Morgan fingerprint density at radius 2 is 2.02 bits per heavy atom. The number of para-hydroxylation sites is 1. The van der Waals surface area contributed by atoms with Crippen LogP contribution in [-0.4, -0.2) is 75.2 Å². The van der Waals surface area contributed by atoms with Crippen molar-refractivity contribution < 1.29 is 18.7 Å². The molecule has 2 atom stereocenters. The molecule has 2 aliphatic heterocycles. The molecule has 1 amide bonds. The maximum Gasteiger partial charge on any atom is 0.410 e. The molecule has 1 aromatic carbocycles. The lowest BCUT2D eigenvalue weighted by molar-refractivity contribution is 0.118. The number of likely N-dealkylation sites (tertiary alicyclic amines) is 2. The molecule has 1 N–H and O–H groups in total. The number of carbonyl (C=O) groups excluding carboxylic acids is 1. The van der Waals surface area contributed by atoms with Crippen LogP contribution in [0.4, 0.5) is 9.18 Å². The number of halogens is 1. The smallest absolute Gasteiger partial charge is 0.410 e. The predicted molar refractivity (Wildman–Crippen MR) is 157 cm³/mol. The number of amides is 1. The van der Waals surface area contributed by atoms with E-state index >= 15 is 4.39 Å². The van der Waals surface area contributed by atoms with Gasteiger partial charge in [0.2, 0.25) is 5.88 Å². The molecule has 11 heteroatoms. The number of ether oxygens (including phenoxy) is 2. The lowest BCUT2D eigenvalue weighted by Crippen LogP contribution is -2.31. The number of aromatic nitrogens is 4. The van der Waals surface area contributed by atoms with Crippen LogP contribution in [0.15, 0.2) is 36.0 Å². The quantitative estimate of drug-likeness (QED) is 0.254. The van der Waals surface area contributed by atoms with Gasteiger partial charge in [-0.05, 0) is 57.8 Å². The van der Waals surface area contributed by atoms with E-state index in [0.717, 1.165) is 48.3 Å². The van der Waals surface area contributed by atoms with Crippen molar-refractivity contribution in [2.45, 2.75) is 44.8 Å². The van der Waals surface area contributed by atoms with Crippen molar-refractivity contribution in [3.63, 3.8) is 0 Å². The SMILES string of the molecule is COC(=O)N1CCC[C@@H]1c1cc2c(O[C@@H](C)CN3CCCC3)nc3c(F)c(-c4cccc5scnc45)ncc3c2[nH]1. The molecule has 2 aliphatic rings. The Labute approximate surface area is 240 Å². The van der Waals surface area contributed by atoms with E-state index < -0.39 is 5.82 Å². The monoisotopic (exact) mass is 574 g/mol. The van der Waals surface area contributed by atoms with Crippen LogP contribution in [0.3, 0.4) is 0 Å². The molecular weight excluding hydrogens is 543 g/mol. The number of H-pyrrole nitrogens is 1. The van der Waals surface area contributed by atoms with Crippen molar-refractivity contribution in [2.24, 2.45) is 0 Å². The first kappa shape index (κ1) is 26.1. The Morgan fingerprint density at radius 3 is 2.85 bits per heavy atom. The van der Waals surface area contributed by atoms with E-state index in [2.05, 4.69) is 19.9 Å². The average molecular weight is 575 g/mol. The number of carbonyl (C=O) groups is 1. The van der Waals surface area contributed by atoms with E-state index in [0.29, 0.717) is 34.4 Å². The number of rotatable bonds is 6. The molecule has 212 valence electrons. The molecule has 0 aliphatic carbocycles. The number of nitrogens with zero attached hydrogens (tertiary/aromatic N) is 5. The van der Waals surface area contributed by atoms with Gasteiger partial charge in [0, 0.05) is 35.9 Å². The fourth-order valence-electron chi connectivity index (χ4n) is 6.30. The average Bonchev–Trinajstić information content (AvgIpc) is 3.79. The molecular formula is C30H31FN6O3S. The number of hydrogen-bond donors (Lipinski definition) is 1. The van der Waals surface area contributed by atoms with Crippen molar-refractivity contribution in [3.8, 4) is 17.1 Å². The fraction of sp³-hybridized carbons (Fsp3) is 0.400. The molecule has 0 unspecified atom stereocenters. The standard InChI is InChI=1S/C30H31FN6O3S/c1-17(15-36-10-3-4-11-36)40-29-19-13-21(22-8-6-12-37(22)30(38)39-2)34-25(19)20-14-32-27(24(31)28(20)35-29)18-7-5-9-23-26(18)33-16-41-23/h5,7,9,13-14,16-17,22,34H,3-4,6,8,10-12,15H2,1-2H3/t17-,22+/m0/s1. The summed E-state index contributed by atoms with van der Waals surface area (Å²) in [6, 6.07) is 7.48. The molecule has 41 heavy (non-hydrogen) atoms. The molecule has 0 bridgehead atoms. The summed E-state index contributed by atoms with van der Waals surface area (Å²) >= 11 is 1.51. The topological polar surface area (TPSA) is 96.5 Å². The van der Waals surface area contributed by atoms with Crippen molar-refractivity contribution in [2.75, 3.05) is 33.3 Å². The molecule has 0 saturated carbocycles. The first-order valence-electron chi connectivity index (χ1n) is 14.1. The molecule has 2 saturated heterocycles. The number of thiazole rings is 1. The van der Waals surface area contributed by atoms with E-state index in [9.17, 15) is 4.79 Å². The molecule has 2 fully saturated rings. The summed E-state index contributed by atoms with van der Waals surface area (Å²) in [4.78, 5) is 33.9. The molecule has 9 nitrogen and oxygen atoms in total. The molecule has 0 spiro atoms. The zero-order valence-corrected chi connectivity index (χ0v) is 23.8. The summed E-state index contributed by atoms with van der Waals surface area (Å²) in [5, 5.41) is 1.30. The van der Waals surface area contributed by atoms with Gasteiger partial charge in [0.05, 0.1) is 39.8 Å². The zero-order valence-electron chi connectivity index (χ0n) is 23.0. The molecule has 0 radical (unpaired) electrons. The lowest BCUT2D eigenvalue weighted by atomic mass is 10.1. The Bertz CT molecular complexity index is 1760. The highest BCUT2D eigenvalue weighted by atomic mass is 32.1. The van der Waals surface area contributed by atoms with Gasteiger partial charge in [-0.2, -0.15) is 0 Å². The Hall–Kier alpha value is -3.83. The lowest BCUT2D eigenvalue weighted by Gasteiger charge is -2.22. The summed E-state index contributed by atoms with van der Waals surface area (Å²) in [6.45, 7) is 5.52. The Morgan fingerprint density at radius 1 is 1.17 bits per heavy atom. The summed E-state index contributed by atoms with van der Waals surface area (Å²) in [5.74, 6) is -0.151. The third-order valence-electron chi connectivity index (χ3n) is 8.21. The van der Waals surface area contributed by atoms with E-state index in [1.165, 1.54) is 31.3 Å². The van der Waals surface area contributed by atoms with Gasteiger partial charge in [-0.25, -0.2) is 19.2 Å². The summed E-state index contributed by atoms with van der Waals surface area (Å²) < 4.78 is 28.8. The minimum Gasteiger partial charge on any atom is -0.473 e. The number of hydrogen-bond acceptors (Lipinski definition) is 8.